The number of nitrogens with two attached hydrogens (primary N) is 10. The molecule has 4 spiro atoms. The first-order valence-corrected chi connectivity index (χ1v) is 46.3. The molecule has 10 aromatic heterocycles. The van der Waals surface area contributed by atoms with Crippen molar-refractivity contribution in [2.75, 3.05) is 110 Å². The minimum absolute atomic E-state index is 0.0109. The molecule has 12 aromatic rings. The summed E-state index contributed by atoms with van der Waals surface area (Å²) in [5.41, 5.74) is 66.2. The van der Waals surface area contributed by atoms with Gasteiger partial charge >= 0.3 is 0 Å². The fraction of sp³-hybridized carbons (Fsp3) is 0.419. The third kappa shape index (κ3) is 16.8. The molecule has 18 heterocycles. The molecule has 684 valence electrons. The van der Waals surface area contributed by atoms with Crippen LogP contribution in [0.2, 0.25) is 30.1 Å². The van der Waals surface area contributed by atoms with E-state index in [1.807, 2.05) is 42.6 Å². The highest BCUT2D eigenvalue weighted by Crippen LogP contribution is 2.51. The highest BCUT2D eigenvalue weighted by Gasteiger charge is 2.52. The van der Waals surface area contributed by atoms with Crippen LogP contribution in [0.1, 0.15) is 120 Å². The third-order valence-electron chi connectivity index (χ3n) is 27.5. The number of benzene rings is 2. The molecule has 4 unspecified atom stereocenters. The number of carbonyl (C=O) groups is 4. The van der Waals surface area contributed by atoms with Gasteiger partial charge in [0, 0.05) is 143 Å². The van der Waals surface area contributed by atoms with Gasteiger partial charge in [0.1, 0.15) is 60.2 Å². The summed E-state index contributed by atoms with van der Waals surface area (Å²) in [5.74, 6) is 1.22. The second-order valence-corrected chi connectivity index (χ2v) is 39.0. The Balaban J connectivity index is 0.000000121. The maximum atomic E-state index is 12.5. The van der Waals surface area contributed by atoms with Crippen LogP contribution < -0.4 is 76.9 Å². The molecule has 0 bridgehead atoms. The number of aromatic nitrogens is 14. The lowest BCUT2D eigenvalue weighted by molar-refractivity contribution is 0.0972. The van der Waals surface area contributed by atoms with Crippen molar-refractivity contribution in [2.24, 2.45) is 67.5 Å². The van der Waals surface area contributed by atoms with Crippen molar-refractivity contribution in [3.63, 3.8) is 0 Å². The molecule has 8 saturated heterocycles. The van der Waals surface area contributed by atoms with Crippen molar-refractivity contribution < 1.29 is 38.1 Å². The summed E-state index contributed by atoms with van der Waals surface area (Å²) in [5, 5.41) is 27.7. The Labute approximate surface area is 785 Å². The lowest BCUT2D eigenvalue weighted by Gasteiger charge is -2.42. The van der Waals surface area contributed by atoms with Gasteiger partial charge in [0.05, 0.1) is 113 Å². The molecule has 0 aliphatic carbocycles. The summed E-state index contributed by atoms with van der Waals surface area (Å²) in [4.78, 5) is 78.2. The molecular weight excluding hydrogens is 1830 g/mol. The average Bonchev–Trinajstić information content (AvgIpc) is 1.06. The summed E-state index contributed by atoms with van der Waals surface area (Å²) in [6, 6.07) is 21.2. The zero-order valence-corrected chi connectivity index (χ0v) is 77.5. The summed E-state index contributed by atoms with van der Waals surface area (Å²) < 4.78 is 30.6. The normalized spacial score (nSPS) is 22.5. The number of fused-ring (bicyclic) bond motifs is 4. The molecule has 8 fully saturated rings. The number of anilines is 6. The molecular formula is C86H98Cl6N28O8S2. The van der Waals surface area contributed by atoms with E-state index in [4.69, 9.17) is 146 Å². The molecule has 8 aliphatic rings. The number of halogens is 6. The van der Waals surface area contributed by atoms with E-state index >= 15 is 0 Å². The highest BCUT2D eigenvalue weighted by molar-refractivity contribution is 8.00. The van der Waals surface area contributed by atoms with Crippen molar-refractivity contribution in [3.8, 4) is 22.3 Å². The second-order valence-electron chi connectivity index (χ2n) is 34.6. The number of carbonyl (C=O) groups excluding carboxylic acids is 4. The first-order chi connectivity index (χ1) is 62.3. The standard InChI is InChI=1S/C22H24Cl2N6O2S.C22H24Cl2N6O2.C21H25ClN8O2S.C21H25ClN8O2/c1-12-19(25)22(10-32-12)5-7-29(8-6-22)16-9-13(20(26)31)18(21-27-11-28-30(16)21)33-15-4-2-3-14(23)17(15)24;1-12-19(25)22(10-32-12)5-7-29(8-6-22)16-9-14(20(26)31)17(21-27-11-28-30(16)21)13-3-2-4-15(23)18(13)24;1-11-17(23)21(9-32-11)3-6-29(7-4-21)14-8-12(19(25)31)16(20-28-27-10-30(14)20)33-13-2-5-26-18(24)15(13)22;1-11-17(23)21(9-32-11)3-6-29(7-4-21)14-8-13(19(25)31)15(20-28-27-10-30(14)20)12-2-5-26-18(24)16(12)22/h2-4,9,11-12,19H,5-8,10,25H2,1H3,(H2,26,31);2-4,9,11-12,19H,5-8,10,25H2,1H3,(H2,26,31);2,5,8,10-11,17H,3-4,6-7,9,23H2,1H3,(H2,24,26)(H2,25,31);2,5,8,10-11,17H,3-4,6-7,9,23H2,1H3,(H2,24,26)(H2,25,31)/t2*12?,19-;2*11?,17-/m1111/s1. The molecule has 4 amide bonds. The Kier molecular flexibility index (Phi) is 26.1. The monoisotopic (exact) mass is 1920 g/mol. The van der Waals surface area contributed by atoms with Crippen LogP contribution in [0.25, 0.3) is 44.8 Å². The van der Waals surface area contributed by atoms with Crippen LogP contribution in [0.5, 0.6) is 0 Å². The van der Waals surface area contributed by atoms with E-state index in [1.165, 1.54) is 42.4 Å². The maximum Gasteiger partial charge on any atom is 0.250 e. The Morgan fingerprint density at radius 1 is 0.400 bits per heavy atom. The van der Waals surface area contributed by atoms with Crippen LogP contribution >= 0.6 is 93.1 Å². The van der Waals surface area contributed by atoms with Crippen molar-refractivity contribution in [1.82, 2.24) is 68.4 Å². The fourth-order valence-corrected chi connectivity index (χ4v) is 22.9. The van der Waals surface area contributed by atoms with Crippen LogP contribution in [0.4, 0.5) is 34.9 Å². The summed E-state index contributed by atoms with van der Waals surface area (Å²) >= 11 is 40.6. The molecule has 0 saturated carbocycles. The number of hydrogen-bond acceptors (Lipinski definition) is 30. The van der Waals surface area contributed by atoms with Gasteiger partial charge in [-0.05, 0) is 134 Å². The Morgan fingerprint density at radius 2 is 0.746 bits per heavy atom. The van der Waals surface area contributed by atoms with Crippen molar-refractivity contribution in [2.45, 2.75) is 147 Å². The van der Waals surface area contributed by atoms with Gasteiger partial charge in [0.25, 0.3) is 0 Å². The second kappa shape index (κ2) is 36.9. The molecule has 20 N–H and O–H groups in total. The molecule has 0 radical (unpaired) electrons. The fourth-order valence-electron chi connectivity index (χ4n) is 19.5. The average molecular weight is 1930 g/mol. The Hall–Kier alpha value is -9.98. The first-order valence-electron chi connectivity index (χ1n) is 42.4. The van der Waals surface area contributed by atoms with Crippen LogP contribution in [0.15, 0.2) is 130 Å². The molecule has 2 aromatic carbocycles. The van der Waals surface area contributed by atoms with E-state index in [0.717, 1.165) is 127 Å². The van der Waals surface area contributed by atoms with Crippen molar-refractivity contribution >= 4 is 174 Å². The number of rotatable bonds is 14. The van der Waals surface area contributed by atoms with Gasteiger partial charge in [-0.25, -0.2) is 19.9 Å². The SMILES string of the molecule is CC1OCC2(CCN(c3cc(C(N)=O)c(-c4cccc(Cl)c4Cl)c4ncnn34)CC2)[C@@H]1N.CC1OCC2(CCN(c3cc(C(N)=O)c(-c4ccnc(N)c4Cl)c4nncn34)CC2)[C@@H]1N.CC1OCC2(CCN(c3cc(C(N)=O)c(Sc4cccc(Cl)c4Cl)c4ncnn34)CC2)[C@@H]1N.CC1OCC2(CCN(c3cc(C(N)=O)c(Sc4ccnc(N)c4Cl)c4nncn34)CC2)[C@@H]1N. The number of amides is 4. The highest BCUT2D eigenvalue weighted by atomic mass is 35.5. The smallest absolute Gasteiger partial charge is 0.250 e. The van der Waals surface area contributed by atoms with Gasteiger partial charge < -0.3 is 95.9 Å². The quantitative estimate of drug-likeness (QED) is 0.0483. The van der Waals surface area contributed by atoms with Crippen LogP contribution in [-0.4, -0.2) is 219 Å². The molecule has 36 nitrogen and oxygen atoms in total. The predicted molar refractivity (Wildman–Crippen MR) is 502 cm³/mol. The molecule has 8 atom stereocenters. The van der Waals surface area contributed by atoms with E-state index in [1.54, 1.807) is 94.6 Å². The minimum Gasteiger partial charge on any atom is -0.382 e. The van der Waals surface area contributed by atoms with Gasteiger partial charge in [-0.2, -0.15) is 19.2 Å². The zero-order valence-electron chi connectivity index (χ0n) is 71.3. The predicted octanol–water partition coefficient (Wildman–Crippen LogP) is 10.2. The molecule has 130 heavy (non-hydrogen) atoms. The van der Waals surface area contributed by atoms with E-state index in [0.29, 0.717) is 138 Å². The molecule has 8 aliphatic heterocycles. The van der Waals surface area contributed by atoms with E-state index in [-0.39, 0.29) is 86.9 Å². The number of pyridine rings is 6. The maximum absolute atomic E-state index is 12.5. The van der Waals surface area contributed by atoms with Gasteiger partial charge in [0.15, 0.2) is 22.6 Å². The molecule has 20 rings (SSSR count). The van der Waals surface area contributed by atoms with E-state index < -0.39 is 23.6 Å². The Morgan fingerprint density at radius 3 is 1.19 bits per heavy atom. The van der Waals surface area contributed by atoms with Crippen LogP contribution in [-0.2, 0) is 18.9 Å². The van der Waals surface area contributed by atoms with Gasteiger partial charge in [0.2, 0.25) is 23.6 Å². The van der Waals surface area contributed by atoms with Gasteiger partial charge in [-0.15, -0.1) is 20.4 Å². The number of hydrogen-bond donors (Lipinski definition) is 10. The summed E-state index contributed by atoms with van der Waals surface area (Å²) in [6.45, 7) is 17.0. The summed E-state index contributed by atoms with van der Waals surface area (Å²) in [6.07, 6.45) is 16.7. The van der Waals surface area contributed by atoms with E-state index in [9.17, 15) is 19.2 Å². The van der Waals surface area contributed by atoms with Crippen LogP contribution in [0.3, 0.4) is 0 Å². The number of primary amides is 4. The zero-order chi connectivity index (χ0) is 91.9. The number of piperidine rings is 4. The third-order valence-corrected chi connectivity index (χ3v) is 32.5. The molecule has 44 heteroatoms. The largest absolute Gasteiger partial charge is 0.382 e. The van der Waals surface area contributed by atoms with Crippen molar-refractivity contribution in [1.29, 1.82) is 0 Å². The van der Waals surface area contributed by atoms with Gasteiger partial charge in [-0.1, -0.05) is 111 Å². The van der Waals surface area contributed by atoms with Crippen molar-refractivity contribution in [3.05, 3.63) is 163 Å². The first kappa shape index (κ1) is 91.9. The van der Waals surface area contributed by atoms with E-state index in [2.05, 4.69) is 70.1 Å². The number of nitrogen functional groups attached to an aromatic ring is 2. The number of ether oxygens (including phenoxy) is 4. The summed E-state index contributed by atoms with van der Waals surface area (Å²) in [7, 11) is 0. The Bertz CT molecular complexity index is 6000. The topological polar surface area (TPSA) is 525 Å². The lowest BCUT2D eigenvalue weighted by atomic mass is 9.73. The number of nitrogens with zero attached hydrogens (tertiary/aromatic N) is 18. The minimum atomic E-state index is -0.591. The van der Waals surface area contributed by atoms with Crippen LogP contribution in [0, 0.1) is 21.7 Å². The van der Waals surface area contributed by atoms with Gasteiger partial charge in [-0.3, -0.25) is 28.0 Å². The lowest BCUT2D eigenvalue weighted by Crippen LogP contribution is -2.51.